The smallest absolute Gasteiger partial charge is 0.213 e. The van der Waals surface area contributed by atoms with Gasteiger partial charge in [0.2, 0.25) is 6.39 Å². The van der Waals surface area contributed by atoms with Crippen LogP contribution in [-0.2, 0) is 12.4 Å². The highest BCUT2D eigenvalue weighted by Crippen LogP contribution is 2.29. The van der Waals surface area contributed by atoms with E-state index in [-0.39, 0.29) is 5.88 Å². The molecule has 5 nitrogen and oxygen atoms in total. The minimum Gasteiger partial charge on any atom is -0.343 e. The number of rotatable bonds is 3. The van der Waals surface area contributed by atoms with E-state index in [0.29, 0.717) is 28.2 Å². The van der Waals surface area contributed by atoms with E-state index in [4.69, 9.17) is 39.3 Å². The second-order valence-corrected chi connectivity index (χ2v) is 4.93. The maximum Gasteiger partial charge on any atom is 0.213 e. The minimum atomic E-state index is 0.266. The molecule has 0 aliphatic carbocycles. The molecule has 2 aromatic heterocycles. The van der Waals surface area contributed by atoms with Crippen molar-refractivity contribution in [3.05, 3.63) is 40.2 Å². The molecule has 3 rings (SSSR count). The molecule has 0 spiro atoms. The van der Waals surface area contributed by atoms with Crippen molar-refractivity contribution in [1.29, 1.82) is 0 Å². The minimum absolute atomic E-state index is 0.266. The van der Waals surface area contributed by atoms with Crippen LogP contribution >= 0.6 is 34.8 Å². The van der Waals surface area contributed by atoms with Crippen molar-refractivity contribution >= 4 is 45.8 Å². The van der Waals surface area contributed by atoms with Crippen LogP contribution in [0.1, 0.15) is 11.6 Å². The molecule has 0 aliphatic heterocycles. The van der Waals surface area contributed by atoms with Gasteiger partial charge in [0.05, 0.1) is 33.5 Å². The number of aromatic nitrogens is 4. The lowest BCUT2D eigenvalue weighted by Gasteiger charge is -2.04. The van der Waals surface area contributed by atoms with Gasteiger partial charge in [-0.1, -0.05) is 28.4 Å². The second kappa shape index (κ2) is 5.00. The quantitative estimate of drug-likeness (QED) is 0.694. The van der Waals surface area contributed by atoms with Crippen LogP contribution in [0.3, 0.4) is 0 Å². The molecule has 0 aliphatic rings. The summed E-state index contributed by atoms with van der Waals surface area (Å²) in [4.78, 5) is 8.40. The van der Waals surface area contributed by atoms with E-state index < -0.39 is 0 Å². The average molecular weight is 318 g/mol. The van der Waals surface area contributed by atoms with Crippen LogP contribution in [0.4, 0.5) is 0 Å². The van der Waals surface area contributed by atoms with Crippen molar-refractivity contribution in [3.8, 4) is 0 Å². The summed E-state index contributed by atoms with van der Waals surface area (Å²) in [6, 6.07) is 3.46. The summed E-state index contributed by atoms with van der Waals surface area (Å²) in [6.45, 7) is 0.410. The van der Waals surface area contributed by atoms with Crippen molar-refractivity contribution in [3.63, 3.8) is 0 Å². The second-order valence-electron chi connectivity index (χ2n) is 3.85. The predicted octanol–water partition coefficient (Wildman–Crippen LogP) is 3.51. The van der Waals surface area contributed by atoms with Crippen molar-refractivity contribution in [2.24, 2.45) is 0 Å². The zero-order chi connectivity index (χ0) is 13.4. The summed E-state index contributed by atoms with van der Waals surface area (Å²) in [5.41, 5.74) is 1.56. The van der Waals surface area contributed by atoms with E-state index in [1.807, 2.05) is 4.57 Å². The van der Waals surface area contributed by atoms with E-state index in [1.165, 1.54) is 6.39 Å². The average Bonchev–Trinajstić information content (AvgIpc) is 3.00. The number of fused-ring (bicyclic) bond motifs is 1. The normalized spacial score (nSPS) is 11.3. The Balaban J connectivity index is 2.17. The van der Waals surface area contributed by atoms with E-state index >= 15 is 0 Å². The van der Waals surface area contributed by atoms with Gasteiger partial charge in [-0.15, -0.1) is 11.6 Å². The van der Waals surface area contributed by atoms with Crippen LogP contribution in [-0.4, -0.2) is 19.7 Å². The first-order chi connectivity index (χ1) is 9.19. The number of nitrogens with zero attached hydrogens (tertiary/aromatic N) is 4. The van der Waals surface area contributed by atoms with Crippen molar-refractivity contribution in [2.45, 2.75) is 12.4 Å². The molecule has 2 heterocycles. The third kappa shape index (κ3) is 2.29. The predicted molar refractivity (Wildman–Crippen MR) is 72.7 cm³/mol. The SMILES string of the molecule is ClCc1nc2cc(Cl)c(Cl)cc2n1Cc1ncon1. The number of hydrogen-bond acceptors (Lipinski definition) is 4. The van der Waals surface area contributed by atoms with Gasteiger partial charge in [0, 0.05) is 0 Å². The molecule has 0 fully saturated rings. The van der Waals surface area contributed by atoms with Crippen molar-refractivity contribution in [1.82, 2.24) is 19.7 Å². The van der Waals surface area contributed by atoms with Crippen molar-refractivity contribution < 1.29 is 4.52 Å². The number of alkyl halides is 1. The Labute approximate surface area is 123 Å². The van der Waals surface area contributed by atoms with E-state index in [1.54, 1.807) is 12.1 Å². The third-order valence-electron chi connectivity index (χ3n) is 2.70. The van der Waals surface area contributed by atoms with Crippen LogP contribution in [0.25, 0.3) is 11.0 Å². The molecule has 8 heteroatoms. The lowest BCUT2D eigenvalue weighted by atomic mass is 10.3. The van der Waals surface area contributed by atoms with Gasteiger partial charge in [0.1, 0.15) is 5.82 Å². The Bertz CT molecular complexity index is 723. The Kier molecular flexibility index (Phi) is 3.35. The Hall–Kier alpha value is -1.30. The largest absolute Gasteiger partial charge is 0.343 e. The highest BCUT2D eigenvalue weighted by molar-refractivity contribution is 6.42. The Morgan fingerprint density at radius 2 is 2.00 bits per heavy atom. The first kappa shape index (κ1) is 12.7. The molecule has 0 atom stereocenters. The highest BCUT2D eigenvalue weighted by atomic mass is 35.5. The van der Waals surface area contributed by atoms with E-state index in [0.717, 1.165) is 11.0 Å². The molecule has 0 amide bonds. The topological polar surface area (TPSA) is 56.7 Å². The number of halogens is 3. The Morgan fingerprint density at radius 3 is 2.68 bits per heavy atom. The maximum absolute atomic E-state index is 6.04. The number of imidazole rings is 1. The molecule has 3 aromatic rings. The molecule has 0 saturated carbocycles. The summed E-state index contributed by atoms with van der Waals surface area (Å²) in [6.07, 6.45) is 1.28. The fraction of sp³-hybridized carbons (Fsp3) is 0.182. The van der Waals surface area contributed by atoms with Gasteiger partial charge in [0.15, 0.2) is 5.82 Å². The summed E-state index contributed by atoms with van der Waals surface area (Å²) < 4.78 is 6.60. The molecule has 1 aromatic carbocycles. The lowest BCUT2D eigenvalue weighted by Crippen LogP contribution is -2.05. The molecule has 0 unspecified atom stereocenters. The zero-order valence-electron chi connectivity index (χ0n) is 9.48. The van der Waals surface area contributed by atoms with E-state index in [2.05, 4.69) is 15.1 Å². The van der Waals surface area contributed by atoms with Gasteiger partial charge in [-0.05, 0) is 12.1 Å². The van der Waals surface area contributed by atoms with Crippen molar-refractivity contribution in [2.75, 3.05) is 0 Å². The van der Waals surface area contributed by atoms with Gasteiger partial charge < -0.3 is 9.09 Å². The fourth-order valence-electron chi connectivity index (χ4n) is 1.85. The van der Waals surface area contributed by atoms with Crippen LogP contribution in [0, 0.1) is 0 Å². The van der Waals surface area contributed by atoms with E-state index in [9.17, 15) is 0 Å². The van der Waals surface area contributed by atoms with Crippen LogP contribution in [0.2, 0.25) is 10.0 Å². The van der Waals surface area contributed by atoms with Gasteiger partial charge in [-0.25, -0.2) is 4.98 Å². The Morgan fingerprint density at radius 1 is 1.21 bits per heavy atom. The number of benzene rings is 1. The van der Waals surface area contributed by atoms with Gasteiger partial charge >= 0.3 is 0 Å². The monoisotopic (exact) mass is 316 g/mol. The van der Waals surface area contributed by atoms with Gasteiger partial charge in [-0.3, -0.25) is 0 Å². The molecule has 19 heavy (non-hydrogen) atoms. The highest BCUT2D eigenvalue weighted by Gasteiger charge is 2.14. The lowest BCUT2D eigenvalue weighted by molar-refractivity contribution is 0.408. The van der Waals surface area contributed by atoms with Crippen LogP contribution < -0.4 is 0 Å². The fourth-order valence-corrected chi connectivity index (χ4v) is 2.37. The molecular weight excluding hydrogens is 311 g/mol. The first-order valence-corrected chi connectivity index (χ1v) is 6.63. The summed E-state index contributed by atoms with van der Waals surface area (Å²) in [7, 11) is 0. The molecule has 98 valence electrons. The van der Waals surface area contributed by atoms with Gasteiger partial charge in [-0.2, -0.15) is 4.98 Å². The summed E-state index contributed by atoms with van der Waals surface area (Å²) >= 11 is 17.9. The standard InChI is InChI=1S/C11H7Cl3N4O/c12-3-11-16-8-1-6(13)7(14)2-9(8)18(11)4-10-15-5-19-17-10/h1-2,5H,3-4H2. The molecular formula is C11H7Cl3N4O. The van der Waals surface area contributed by atoms with Crippen LogP contribution in [0.5, 0.6) is 0 Å². The van der Waals surface area contributed by atoms with Gasteiger partial charge in [0.25, 0.3) is 0 Å². The third-order valence-corrected chi connectivity index (χ3v) is 3.66. The molecule has 0 saturated heterocycles. The maximum atomic E-state index is 6.04. The number of hydrogen-bond donors (Lipinski definition) is 0. The molecule has 0 bridgehead atoms. The summed E-state index contributed by atoms with van der Waals surface area (Å²) in [5.74, 6) is 1.50. The first-order valence-electron chi connectivity index (χ1n) is 5.34. The zero-order valence-corrected chi connectivity index (χ0v) is 11.7. The molecule has 0 radical (unpaired) electrons. The van der Waals surface area contributed by atoms with Crippen LogP contribution in [0.15, 0.2) is 23.0 Å². The summed E-state index contributed by atoms with van der Waals surface area (Å²) in [5, 5.41) is 4.70. The molecule has 0 N–H and O–H groups in total.